The maximum absolute atomic E-state index is 12.3. The molecular weight excluding hydrogens is 214 g/mol. The molecule has 1 aromatic rings. The number of nitrogens with zero attached hydrogens (tertiary/aromatic N) is 2. The monoisotopic (exact) mass is 233 g/mol. The van der Waals surface area contributed by atoms with E-state index in [0.717, 1.165) is 25.2 Å². The molecule has 2 heterocycles. The second-order valence-electron chi connectivity index (χ2n) is 4.65. The molecular formula is C13H19N3O. The van der Waals surface area contributed by atoms with E-state index in [2.05, 4.69) is 17.2 Å². The zero-order valence-electron chi connectivity index (χ0n) is 10.4. The maximum Gasteiger partial charge on any atom is 0.229 e. The number of carbonyl (C=O) groups is 1. The molecule has 1 aliphatic heterocycles. The molecule has 0 radical (unpaired) electrons. The van der Waals surface area contributed by atoms with E-state index in [-0.39, 0.29) is 11.8 Å². The van der Waals surface area contributed by atoms with Crippen molar-refractivity contribution in [3.63, 3.8) is 0 Å². The van der Waals surface area contributed by atoms with Crippen LogP contribution < -0.4 is 5.32 Å². The normalized spacial score (nSPS) is 22.2. The number of carbonyl (C=O) groups excluding carboxylic acids is 1. The Balaban J connectivity index is 2.04. The maximum atomic E-state index is 12.3. The second-order valence-corrected chi connectivity index (χ2v) is 4.65. The molecule has 1 aliphatic rings. The van der Waals surface area contributed by atoms with Crippen LogP contribution in [0.4, 0.5) is 0 Å². The third-order valence-corrected chi connectivity index (χ3v) is 3.24. The summed E-state index contributed by atoms with van der Waals surface area (Å²) >= 11 is 0. The Morgan fingerprint density at radius 1 is 1.65 bits per heavy atom. The second kappa shape index (κ2) is 5.27. The third kappa shape index (κ3) is 2.82. The summed E-state index contributed by atoms with van der Waals surface area (Å²) in [5, 5.41) is 3.34. The van der Waals surface area contributed by atoms with Crippen molar-refractivity contribution in [2.75, 3.05) is 19.6 Å². The lowest BCUT2D eigenvalue weighted by Gasteiger charge is -2.33. The van der Waals surface area contributed by atoms with Crippen molar-refractivity contribution in [3.05, 3.63) is 30.1 Å². The van der Waals surface area contributed by atoms with Gasteiger partial charge in [0.05, 0.1) is 5.92 Å². The molecule has 17 heavy (non-hydrogen) atoms. The predicted molar refractivity (Wildman–Crippen MR) is 66.7 cm³/mol. The number of rotatable bonds is 2. The Bertz CT molecular complexity index is 380. The van der Waals surface area contributed by atoms with E-state index in [4.69, 9.17) is 0 Å². The lowest BCUT2D eigenvalue weighted by atomic mass is 10.0. The molecule has 0 saturated carbocycles. The van der Waals surface area contributed by atoms with E-state index < -0.39 is 0 Å². The largest absolute Gasteiger partial charge is 0.339 e. The minimum atomic E-state index is -0.103. The number of pyridine rings is 1. The van der Waals surface area contributed by atoms with Crippen LogP contribution in [0.1, 0.15) is 25.3 Å². The molecule has 1 aromatic heterocycles. The highest BCUT2D eigenvalue weighted by Crippen LogP contribution is 2.17. The van der Waals surface area contributed by atoms with Gasteiger partial charge in [0, 0.05) is 38.1 Å². The SMILES string of the molecule is C[C@H]1CN(C(=O)[C@H](C)c2cccnc2)CCN1. The van der Waals surface area contributed by atoms with E-state index >= 15 is 0 Å². The highest BCUT2D eigenvalue weighted by Gasteiger charge is 2.25. The summed E-state index contributed by atoms with van der Waals surface area (Å²) in [5.41, 5.74) is 0.990. The molecule has 0 bridgehead atoms. The van der Waals surface area contributed by atoms with Gasteiger partial charge in [-0.05, 0) is 25.5 Å². The number of nitrogens with one attached hydrogen (secondary N) is 1. The molecule has 2 rings (SSSR count). The molecule has 1 N–H and O–H groups in total. The van der Waals surface area contributed by atoms with Crippen molar-refractivity contribution < 1.29 is 4.79 Å². The Hall–Kier alpha value is -1.42. The van der Waals surface area contributed by atoms with E-state index in [0.29, 0.717) is 6.04 Å². The van der Waals surface area contributed by atoms with Gasteiger partial charge in [-0.3, -0.25) is 9.78 Å². The standard InChI is InChI=1S/C13H19N3O/c1-10-9-16(7-6-15-10)13(17)11(2)12-4-3-5-14-8-12/h3-5,8,10-11,15H,6-7,9H2,1-2H3/t10-,11+/m0/s1. The molecule has 92 valence electrons. The van der Waals surface area contributed by atoms with Crippen molar-refractivity contribution in [1.29, 1.82) is 0 Å². The summed E-state index contributed by atoms with van der Waals surface area (Å²) in [6.45, 7) is 6.53. The summed E-state index contributed by atoms with van der Waals surface area (Å²) in [7, 11) is 0. The van der Waals surface area contributed by atoms with Crippen molar-refractivity contribution in [2.45, 2.75) is 25.8 Å². The fourth-order valence-electron chi connectivity index (χ4n) is 2.18. The van der Waals surface area contributed by atoms with Gasteiger partial charge in [0.1, 0.15) is 0 Å². The van der Waals surface area contributed by atoms with Crippen LogP contribution in [-0.2, 0) is 4.79 Å². The number of piperazine rings is 1. The van der Waals surface area contributed by atoms with Gasteiger partial charge in [-0.1, -0.05) is 6.07 Å². The molecule has 0 spiro atoms. The number of amides is 1. The van der Waals surface area contributed by atoms with E-state index in [1.54, 1.807) is 12.4 Å². The van der Waals surface area contributed by atoms with Gasteiger partial charge in [0.25, 0.3) is 0 Å². The molecule has 0 aromatic carbocycles. The van der Waals surface area contributed by atoms with Crippen LogP contribution in [0.5, 0.6) is 0 Å². The molecule has 1 saturated heterocycles. The first kappa shape index (κ1) is 12.0. The molecule has 1 amide bonds. The van der Waals surface area contributed by atoms with Gasteiger partial charge >= 0.3 is 0 Å². The quantitative estimate of drug-likeness (QED) is 0.829. The number of hydrogen-bond acceptors (Lipinski definition) is 3. The molecule has 4 nitrogen and oxygen atoms in total. The lowest BCUT2D eigenvalue weighted by Crippen LogP contribution is -2.52. The fourth-order valence-corrected chi connectivity index (χ4v) is 2.18. The summed E-state index contributed by atoms with van der Waals surface area (Å²) in [6, 6.07) is 4.22. The van der Waals surface area contributed by atoms with Crippen molar-refractivity contribution >= 4 is 5.91 Å². The molecule has 2 atom stereocenters. The topological polar surface area (TPSA) is 45.2 Å². The average molecular weight is 233 g/mol. The van der Waals surface area contributed by atoms with Gasteiger partial charge < -0.3 is 10.2 Å². The van der Waals surface area contributed by atoms with E-state index in [1.165, 1.54) is 0 Å². The predicted octanol–water partition coefficient (Wildman–Crippen LogP) is 1.01. The molecule has 0 aliphatic carbocycles. The highest BCUT2D eigenvalue weighted by molar-refractivity contribution is 5.83. The van der Waals surface area contributed by atoms with Crippen molar-refractivity contribution in [3.8, 4) is 0 Å². The van der Waals surface area contributed by atoms with Crippen molar-refractivity contribution in [2.24, 2.45) is 0 Å². The first-order valence-electron chi connectivity index (χ1n) is 6.10. The van der Waals surface area contributed by atoms with Crippen LogP contribution in [0.25, 0.3) is 0 Å². The van der Waals surface area contributed by atoms with Gasteiger partial charge in [-0.25, -0.2) is 0 Å². The minimum Gasteiger partial charge on any atom is -0.339 e. The van der Waals surface area contributed by atoms with Crippen LogP contribution in [0.15, 0.2) is 24.5 Å². The van der Waals surface area contributed by atoms with Crippen LogP contribution in [0.3, 0.4) is 0 Å². The van der Waals surface area contributed by atoms with Gasteiger partial charge in [0.2, 0.25) is 5.91 Å². The lowest BCUT2D eigenvalue weighted by molar-refractivity contribution is -0.133. The summed E-state index contributed by atoms with van der Waals surface area (Å²) < 4.78 is 0. The highest BCUT2D eigenvalue weighted by atomic mass is 16.2. The van der Waals surface area contributed by atoms with Gasteiger partial charge in [-0.2, -0.15) is 0 Å². The average Bonchev–Trinajstić information content (AvgIpc) is 2.38. The molecule has 4 heteroatoms. The molecule has 0 unspecified atom stereocenters. The first-order chi connectivity index (χ1) is 8.18. The summed E-state index contributed by atoms with van der Waals surface area (Å²) in [5.74, 6) is 0.0975. The number of hydrogen-bond donors (Lipinski definition) is 1. The van der Waals surface area contributed by atoms with Crippen LogP contribution in [0.2, 0.25) is 0 Å². The Morgan fingerprint density at radius 2 is 2.47 bits per heavy atom. The summed E-state index contributed by atoms with van der Waals surface area (Å²) in [6.07, 6.45) is 3.50. The Kier molecular flexibility index (Phi) is 3.74. The van der Waals surface area contributed by atoms with E-state index in [1.807, 2.05) is 24.0 Å². The Morgan fingerprint density at radius 3 is 3.12 bits per heavy atom. The zero-order chi connectivity index (χ0) is 12.3. The first-order valence-corrected chi connectivity index (χ1v) is 6.10. The smallest absolute Gasteiger partial charge is 0.229 e. The number of aromatic nitrogens is 1. The third-order valence-electron chi connectivity index (χ3n) is 3.24. The molecule has 1 fully saturated rings. The fraction of sp³-hybridized carbons (Fsp3) is 0.538. The Labute approximate surface area is 102 Å². The zero-order valence-corrected chi connectivity index (χ0v) is 10.4. The van der Waals surface area contributed by atoms with Gasteiger partial charge in [0.15, 0.2) is 0 Å². The minimum absolute atomic E-state index is 0.103. The summed E-state index contributed by atoms with van der Waals surface area (Å²) in [4.78, 5) is 18.3. The van der Waals surface area contributed by atoms with Crippen LogP contribution >= 0.6 is 0 Å². The van der Waals surface area contributed by atoms with E-state index in [9.17, 15) is 4.79 Å². The van der Waals surface area contributed by atoms with Gasteiger partial charge in [-0.15, -0.1) is 0 Å². The van der Waals surface area contributed by atoms with Crippen LogP contribution in [0, 0.1) is 0 Å². The van der Waals surface area contributed by atoms with Crippen molar-refractivity contribution in [1.82, 2.24) is 15.2 Å². The van der Waals surface area contributed by atoms with Crippen LogP contribution in [-0.4, -0.2) is 41.5 Å².